The van der Waals surface area contributed by atoms with Crippen LogP contribution >= 0.6 is 0 Å². The molecule has 25 heavy (non-hydrogen) atoms. The molecule has 1 aliphatic rings. The summed E-state index contributed by atoms with van der Waals surface area (Å²) in [5, 5.41) is 3.39. The number of pyridine rings is 1. The van der Waals surface area contributed by atoms with Gasteiger partial charge in [-0.2, -0.15) is 0 Å². The first kappa shape index (κ1) is 18.9. The Morgan fingerprint density at radius 3 is 2.44 bits per heavy atom. The molecular formula is C18H23F2N3O2. The number of ether oxygens (including phenoxy) is 2. The zero-order chi connectivity index (χ0) is 18.2. The molecule has 0 radical (unpaired) electrons. The molecule has 1 atom stereocenters. The van der Waals surface area contributed by atoms with Crippen molar-refractivity contribution >= 4 is 5.82 Å². The minimum absolute atomic E-state index is 0.156. The second-order valence-corrected chi connectivity index (χ2v) is 5.63. The number of methoxy groups -OCH3 is 2. The minimum Gasteiger partial charge on any atom is -0.493 e. The number of nitrogens with one attached hydrogen (secondary N) is 1. The molecule has 2 aromatic rings. The maximum Gasteiger partial charge on any atom is 0.165 e. The van der Waals surface area contributed by atoms with Gasteiger partial charge in [0.15, 0.2) is 11.5 Å². The smallest absolute Gasteiger partial charge is 0.165 e. The van der Waals surface area contributed by atoms with Gasteiger partial charge in [0.05, 0.1) is 20.4 Å². The molecule has 1 aromatic carbocycles. The van der Waals surface area contributed by atoms with Gasteiger partial charge >= 0.3 is 0 Å². The minimum atomic E-state index is -0.362. The SMILES string of the molecule is COc1cc(F)cc(C2CCCCN2)c1OC.Nc1ccc(F)cn1. The molecule has 1 aliphatic heterocycles. The second-order valence-electron chi connectivity index (χ2n) is 5.63. The Kier molecular flexibility index (Phi) is 6.94. The Labute approximate surface area is 146 Å². The standard InChI is InChI=1S/C13H18FNO2.C5H5FN2/c1-16-12-8-9(14)7-10(13(12)17-2)11-5-3-4-6-15-11;6-4-1-2-5(7)8-3-4/h7-8,11,15H,3-6H2,1-2H3;1-3H,(H2,7,8). The summed E-state index contributed by atoms with van der Waals surface area (Å²) in [5.41, 5.74) is 6.00. The summed E-state index contributed by atoms with van der Waals surface area (Å²) in [6, 6.07) is 5.72. The van der Waals surface area contributed by atoms with Crippen LogP contribution in [0.5, 0.6) is 11.5 Å². The van der Waals surface area contributed by atoms with E-state index in [4.69, 9.17) is 15.2 Å². The van der Waals surface area contributed by atoms with E-state index in [-0.39, 0.29) is 17.7 Å². The van der Waals surface area contributed by atoms with Crippen LogP contribution in [0.1, 0.15) is 30.9 Å². The van der Waals surface area contributed by atoms with E-state index < -0.39 is 0 Å². The van der Waals surface area contributed by atoms with Gasteiger partial charge in [-0.3, -0.25) is 0 Å². The molecule has 136 valence electrons. The summed E-state index contributed by atoms with van der Waals surface area (Å²) in [7, 11) is 3.11. The summed E-state index contributed by atoms with van der Waals surface area (Å²) < 4.78 is 36.0. The quantitative estimate of drug-likeness (QED) is 0.886. The van der Waals surface area contributed by atoms with Crippen molar-refractivity contribution in [2.75, 3.05) is 26.5 Å². The first-order valence-corrected chi connectivity index (χ1v) is 8.07. The number of aromatic nitrogens is 1. The first-order chi connectivity index (χ1) is 12.0. The number of nitrogens with two attached hydrogens (primary N) is 1. The first-order valence-electron chi connectivity index (χ1n) is 8.07. The molecule has 1 unspecified atom stereocenters. The van der Waals surface area contributed by atoms with E-state index in [1.165, 1.54) is 37.8 Å². The average Bonchev–Trinajstić information content (AvgIpc) is 2.64. The molecule has 0 aliphatic carbocycles. The fourth-order valence-electron chi connectivity index (χ4n) is 2.72. The molecule has 1 saturated heterocycles. The van der Waals surface area contributed by atoms with Crippen LogP contribution < -0.4 is 20.5 Å². The van der Waals surface area contributed by atoms with Gasteiger partial charge in [0, 0.05) is 17.7 Å². The molecule has 7 heteroatoms. The molecule has 3 rings (SSSR count). The summed E-state index contributed by atoms with van der Waals surface area (Å²) in [6.45, 7) is 0.965. The molecule has 1 fully saturated rings. The van der Waals surface area contributed by atoms with E-state index in [0.29, 0.717) is 17.3 Å². The molecular weight excluding hydrogens is 328 g/mol. The third kappa shape index (κ3) is 5.29. The van der Waals surface area contributed by atoms with Crippen LogP contribution in [-0.4, -0.2) is 25.7 Å². The Bertz CT molecular complexity index is 654. The molecule has 0 amide bonds. The van der Waals surface area contributed by atoms with Crippen LogP contribution in [0, 0.1) is 11.6 Å². The zero-order valence-electron chi connectivity index (χ0n) is 14.4. The predicted molar refractivity (Wildman–Crippen MR) is 92.7 cm³/mol. The number of hydrogen-bond donors (Lipinski definition) is 2. The fraction of sp³-hybridized carbons (Fsp3) is 0.389. The lowest BCUT2D eigenvalue weighted by Gasteiger charge is -2.26. The number of anilines is 1. The van der Waals surface area contributed by atoms with E-state index in [9.17, 15) is 8.78 Å². The van der Waals surface area contributed by atoms with Gasteiger partial charge in [0.25, 0.3) is 0 Å². The second kappa shape index (κ2) is 9.17. The van der Waals surface area contributed by atoms with Crippen LogP contribution in [0.25, 0.3) is 0 Å². The van der Waals surface area contributed by atoms with Crippen molar-refractivity contribution in [1.82, 2.24) is 10.3 Å². The number of rotatable bonds is 3. The van der Waals surface area contributed by atoms with E-state index >= 15 is 0 Å². The van der Waals surface area contributed by atoms with Gasteiger partial charge in [0.2, 0.25) is 0 Å². The van der Waals surface area contributed by atoms with Crippen LogP contribution in [0.2, 0.25) is 0 Å². The number of hydrogen-bond acceptors (Lipinski definition) is 5. The monoisotopic (exact) mass is 351 g/mol. The normalized spacial score (nSPS) is 16.6. The van der Waals surface area contributed by atoms with Crippen LogP contribution in [0.15, 0.2) is 30.5 Å². The molecule has 1 aromatic heterocycles. The van der Waals surface area contributed by atoms with E-state index in [1.807, 2.05) is 0 Å². The van der Waals surface area contributed by atoms with E-state index in [2.05, 4.69) is 10.3 Å². The Morgan fingerprint density at radius 2 is 1.92 bits per heavy atom. The third-order valence-electron chi connectivity index (χ3n) is 3.91. The van der Waals surface area contributed by atoms with Crippen molar-refractivity contribution < 1.29 is 18.3 Å². The van der Waals surface area contributed by atoms with Crippen molar-refractivity contribution in [2.45, 2.75) is 25.3 Å². The Morgan fingerprint density at radius 1 is 1.12 bits per heavy atom. The summed E-state index contributed by atoms with van der Waals surface area (Å²) in [6.07, 6.45) is 4.41. The molecule has 2 heterocycles. The number of nitrogen functional groups attached to an aromatic ring is 1. The van der Waals surface area contributed by atoms with Crippen molar-refractivity contribution in [3.05, 3.63) is 47.7 Å². The average molecular weight is 351 g/mol. The summed E-state index contributed by atoms with van der Waals surface area (Å²) in [5.74, 6) is 0.777. The van der Waals surface area contributed by atoms with Crippen molar-refractivity contribution in [3.63, 3.8) is 0 Å². The van der Waals surface area contributed by atoms with Crippen molar-refractivity contribution in [3.8, 4) is 11.5 Å². The van der Waals surface area contributed by atoms with Crippen LogP contribution in [0.4, 0.5) is 14.6 Å². The highest BCUT2D eigenvalue weighted by molar-refractivity contribution is 5.48. The maximum absolute atomic E-state index is 13.5. The van der Waals surface area contributed by atoms with Gasteiger partial charge in [0.1, 0.15) is 17.5 Å². The van der Waals surface area contributed by atoms with Crippen molar-refractivity contribution in [2.24, 2.45) is 0 Å². The van der Waals surface area contributed by atoms with Gasteiger partial charge in [-0.25, -0.2) is 13.8 Å². The van der Waals surface area contributed by atoms with Gasteiger partial charge in [-0.1, -0.05) is 6.42 Å². The number of nitrogens with zero attached hydrogens (tertiary/aromatic N) is 1. The highest BCUT2D eigenvalue weighted by Gasteiger charge is 2.22. The fourth-order valence-corrected chi connectivity index (χ4v) is 2.72. The molecule has 3 N–H and O–H groups in total. The van der Waals surface area contributed by atoms with Crippen LogP contribution in [0.3, 0.4) is 0 Å². The third-order valence-corrected chi connectivity index (χ3v) is 3.91. The topological polar surface area (TPSA) is 69.4 Å². The van der Waals surface area contributed by atoms with Crippen molar-refractivity contribution in [1.29, 1.82) is 0 Å². The lowest BCUT2D eigenvalue weighted by atomic mass is 9.96. The van der Waals surface area contributed by atoms with Crippen LogP contribution in [-0.2, 0) is 0 Å². The lowest BCUT2D eigenvalue weighted by Crippen LogP contribution is -2.27. The maximum atomic E-state index is 13.5. The van der Waals surface area contributed by atoms with Gasteiger partial charge in [-0.05, 0) is 37.6 Å². The lowest BCUT2D eigenvalue weighted by molar-refractivity contribution is 0.335. The number of halogens is 2. The van der Waals surface area contributed by atoms with Gasteiger partial charge in [-0.15, -0.1) is 0 Å². The Hall–Kier alpha value is -2.41. The largest absolute Gasteiger partial charge is 0.493 e. The molecule has 0 saturated carbocycles. The molecule has 5 nitrogen and oxygen atoms in total. The van der Waals surface area contributed by atoms with E-state index in [1.54, 1.807) is 7.11 Å². The number of piperidine rings is 1. The number of benzene rings is 1. The summed E-state index contributed by atoms with van der Waals surface area (Å²) in [4.78, 5) is 3.48. The molecule has 0 spiro atoms. The summed E-state index contributed by atoms with van der Waals surface area (Å²) >= 11 is 0. The zero-order valence-corrected chi connectivity index (χ0v) is 14.4. The van der Waals surface area contributed by atoms with Gasteiger partial charge < -0.3 is 20.5 Å². The highest BCUT2D eigenvalue weighted by Crippen LogP contribution is 2.38. The predicted octanol–water partition coefficient (Wildman–Crippen LogP) is 3.46. The molecule has 0 bridgehead atoms. The highest BCUT2D eigenvalue weighted by atomic mass is 19.1. The Balaban J connectivity index is 0.000000236. The van der Waals surface area contributed by atoms with E-state index in [0.717, 1.165) is 31.1 Å².